The van der Waals surface area contributed by atoms with Gasteiger partial charge in [-0.3, -0.25) is 10.2 Å². The molecule has 0 bridgehead atoms. The lowest BCUT2D eigenvalue weighted by Gasteiger charge is -2.19. The van der Waals surface area contributed by atoms with E-state index in [0.29, 0.717) is 13.1 Å². The second-order valence-corrected chi connectivity index (χ2v) is 7.27. The number of rotatable bonds is 9. The summed E-state index contributed by atoms with van der Waals surface area (Å²) in [6.07, 6.45) is 3.20. The standard InChI is InChI=1S/C23H31N3O2/c1-3-5-14-28-20-12-10-19(11-13-20)22-21(16-25-26-22)23(27)24-15-18-8-6-17(4-2)7-9-18/h6-13,21-22,25-26H,3-5,14-16H2,1-2H3,(H,24,27). The van der Waals surface area contributed by atoms with Gasteiger partial charge in [-0.1, -0.05) is 56.7 Å². The van der Waals surface area contributed by atoms with Crippen LogP contribution >= 0.6 is 0 Å². The molecule has 2 unspecified atom stereocenters. The molecule has 1 heterocycles. The van der Waals surface area contributed by atoms with Gasteiger partial charge in [-0.15, -0.1) is 0 Å². The molecule has 2 atom stereocenters. The summed E-state index contributed by atoms with van der Waals surface area (Å²) in [7, 11) is 0. The van der Waals surface area contributed by atoms with Gasteiger partial charge in [0.15, 0.2) is 0 Å². The molecular weight excluding hydrogens is 350 g/mol. The van der Waals surface area contributed by atoms with E-state index in [1.165, 1.54) is 5.56 Å². The highest BCUT2D eigenvalue weighted by molar-refractivity contribution is 5.80. The molecule has 1 saturated heterocycles. The molecule has 150 valence electrons. The number of benzene rings is 2. The number of amides is 1. The quantitative estimate of drug-likeness (QED) is 0.582. The molecule has 3 N–H and O–H groups in total. The molecule has 5 nitrogen and oxygen atoms in total. The van der Waals surface area contributed by atoms with Crippen LogP contribution in [0.25, 0.3) is 0 Å². The van der Waals surface area contributed by atoms with Crippen LogP contribution in [0.1, 0.15) is 49.4 Å². The molecule has 5 heteroatoms. The average molecular weight is 382 g/mol. The minimum atomic E-state index is -0.151. The van der Waals surface area contributed by atoms with Crippen molar-refractivity contribution in [2.24, 2.45) is 5.92 Å². The Balaban J connectivity index is 1.56. The fraction of sp³-hybridized carbons (Fsp3) is 0.435. The minimum Gasteiger partial charge on any atom is -0.494 e. The predicted octanol–water partition coefficient (Wildman–Crippen LogP) is 3.51. The fourth-order valence-electron chi connectivity index (χ4n) is 3.38. The van der Waals surface area contributed by atoms with Gasteiger partial charge in [-0.05, 0) is 41.7 Å². The number of ether oxygens (including phenoxy) is 1. The third-order valence-electron chi connectivity index (χ3n) is 5.22. The zero-order valence-corrected chi connectivity index (χ0v) is 16.8. The molecular formula is C23H31N3O2. The van der Waals surface area contributed by atoms with E-state index in [0.717, 1.165) is 42.7 Å². The summed E-state index contributed by atoms with van der Waals surface area (Å²) in [5.41, 5.74) is 9.88. The molecule has 2 aromatic rings. The Bertz CT molecular complexity index is 743. The number of unbranched alkanes of at least 4 members (excludes halogenated alkanes) is 1. The maximum Gasteiger partial charge on any atom is 0.226 e. The first-order valence-corrected chi connectivity index (χ1v) is 10.3. The first kappa shape index (κ1) is 20.4. The van der Waals surface area contributed by atoms with Crippen LogP contribution in [0, 0.1) is 5.92 Å². The van der Waals surface area contributed by atoms with Crippen molar-refractivity contribution in [3.8, 4) is 5.75 Å². The highest BCUT2D eigenvalue weighted by Crippen LogP contribution is 2.27. The van der Waals surface area contributed by atoms with Crippen LogP contribution in [0.4, 0.5) is 0 Å². The van der Waals surface area contributed by atoms with Crippen LogP contribution in [-0.4, -0.2) is 19.1 Å². The van der Waals surface area contributed by atoms with Crippen LogP contribution < -0.4 is 20.9 Å². The molecule has 0 aromatic heterocycles. The lowest BCUT2D eigenvalue weighted by Crippen LogP contribution is -2.34. The second-order valence-electron chi connectivity index (χ2n) is 7.27. The summed E-state index contributed by atoms with van der Waals surface area (Å²) < 4.78 is 5.73. The molecule has 3 rings (SSSR count). The van der Waals surface area contributed by atoms with E-state index < -0.39 is 0 Å². The van der Waals surface area contributed by atoms with Crippen molar-refractivity contribution in [3.63, 3.8) is 0 Å². The Kier molecular flexibility index (Phi) is 7.46. The molecule has 1 fully saturated rings. The van der Waals surface area contributed by atoms with E-state index in [4.69, 9.17) is 4.74 Å². The Morgan fingerprint density at radius 2 is 1.79 bits per heavy atom. The average Bonchev–Trinajstić information content (AvgIpc) is 3.23. The number of hydrazine groups is 1. The molecule has 0 radical (unpaired) electrons. The number of hydrogen-bond acceptors (Lipinski definition) is 4. The number of nitrogens with one attached hydrogen (secondary N) is 3. The first-order valence-electron chi connectivity index (χ1n) is 10.3. The van der Waals surface area contributed by atoms with Gasteiger partial charge in [-0.25, -0.2) is 5.43 Å². The fourth-order valence-corrected chi connectivity index (χ4v) is 3.38. The van der Waals surface area contributed by atoms with E-state index in [1.54, 1.807) is 0 Å². The van der Waals surface area contributed by atoms with Crippen LogP contribution in [-0.2, 0) is 17.8 Å². The highest BCUT2D eigenvalue weighted by atomic mass is 16.5. The Hall–Kier alpha value is -2.37. The number of carbonyl (C=O) groups is 1. The van der Waals surface area contributed by atoms with E-state index in [2.05, 4.69) is 54.3 Å². The number of carbonyl (C=O) groups excluding carboxylic acids is 1. The Morgan fingerprint density at radius 1 is 1.07 bits per heavy atom. The molecule has 0 saturated carbocycles. The van der Waals surface area contributed by atoms with Crippen molar-refractivity contribution in [2.45, 2.75) is 45.7 Å². The molecule has 28 heavy (non-hydrogen) atoms. The maximum atomic E-state index is 12.8. The molecule has 0 aliphatic carbocycles. The van der Waals surface area contributed by atoms with Gasteiger partial charge >= 0.3 is 0 Å². The monoisotopic (exact) mass is 381 g/mol. The largest absolute Gasteiger partial charge is 0.494 e. The minimum absolute atomic E-state index is 0.0489. The smallest absolute Gasteiger partial charge is 0.226 e. The topological polar surface area (TPSA) is 62.4 Å². The normalized spacial score (nSPS) is 18.8. The van der Waals surface area contributed by atoms with E-state index in [1.807, 2.05) is 24.3 Å². The molecule has 1 aliphatic heterocycles. The van der Waals surface area contributed by atoms with Gasteiger partial charge < -0.3 is 10.1 Å². The third-order valence-corrected chi connectivity index (χ3v) is 5.22. The van der Waals surface area contributed by atoms with Gasteiger partial charge in [0.25, 0.3) is 0 Å². The number of hydrogen-bond donors (Lipinski definition) is 3. The van der Waals surface area contributed by atoms with Crippen LogP contribution in [0.5, 0.6) is 5.75 Å². The van der Waals surface area contributed by atoms with Crippen LogP contribution in [0.2, 0.25) is 0 Å². The second kappa shape index (κ2) is 10.2. The van der Waals surface area contributed by atoms with E-state index in [-0.39, 0.29) is 17.9 Å². The van der Waals surface area contributed by atoms with E-state index in [9.17, 15) is 4.79 Å². The molecule has 2 aromatic carbocycles. The van der Waals surface area contributed by atoms with Gasteiger partial charge in [0.1, 0.15) is 5.75 Å². The lowest BCUT2D eigenvalue weighted by molar-refractivity contribution is -0.125. The summed E-state index contributed by atoms with van der Waals surface area (Å²) in [5, 5.41) is 3.08. The molecule has 1 amide bonds. The summed E-state index contributed by atoms with van der Waals surface area (Å²) >= 11 is 0. The van der Waals surface area contributed by atoms with Crippen LogP contribution in [0.3, 0.4) is 0 Å². The zero-order chi connectivity index (χ0) is 19.8. The SMILES string of the molecule is CCCCOc1ccc(C2NNCC2C(=O)NCc2ccc(CC)cc2)cc1. The summed E-state index contributed by atoms with van der Waals surface area (Å²) in [4.78, 5) is 12.8. The maximum absolute atomic E-state index is 12.8. The van der Waals surface area contributed by atoms with Gasteiger partial charge in [0.2, 0.25) is 5.91 Å². The van der Waals surface area contributed by atoms with Crippen molar-refractivity contribution >= 4 is 5.91 Å². The first-order chi connectivity index (χ1) is 13.7. The number of aryl methyl sites for hydroxylation is 1. The van der Waals surface area contributed by atoms with Gasteiger partial charge in [0.05, 0.1) is 18.6 Å². The molecule has 0 spiro atoms. The predicted molar refractivity (Wildman–Crippen MR) is 112 cm³/mol. The zero-order valence-electron chi connectivity index (χ0n) is 16.8. The highest BCUT2D eigenvalue weighted by Gasteiger charge is 2.33. The lowest BCUT2D eigenvalue weighted by atomic mass is 9.94. The van der Waals surface area contributed by atoms with E-state index >= 15 is 0 Å². The van der Waals surface area contributed by atoms with Gasteiger partial charge in [-0.2, -0.15) is 0 Å². The third kappa shape index (κ3) is 5.33. The van der Waals surface area contributed by atoms with Crippen LogP contribution in [0.15, 0.2) is 48.5 Å². The molecule has 1 aliphatic rings. The Labute approximate surface area is 167 Å². The Morgan fingerprint density at radius 3 is 2.46 bits per heavy atom. The van der Waals surface area contributed by atoms with Crippen molar-refractivity contribution < 1.29 is 9.53 Å². The van der Waals surface area contributed by atoms with Crippen molar-refractivity contribution in [2.75, 3.05) is 13.2 Å². The summed E-state index contributed by atoms with van der Waals surface area (Å²) in [6, 6.07) is 16.4. The van der Waals surface area contributed by atoms with Gasteiger partial charge in [0, 0.05) is 13.1 Å². The summed E-state index contributed by atoms with van der Waals surface area (Å²) in [5.74, 6) is 0.784. The van der Waals surface area contributed by atoms with Crippen molar-refractivity contribution in [1.29, 1.82) is 0 Å². The van der Waals surface area contributed by atoms with Crippen molar-refractivity contribution in [3.05, 3.63) is 65.2 Å². The van der Waals surface area contributed by atoms with Crippen molar-refractivity contribution in [1.82, 2.24) is 16.2 Å². The summed E-state index contributed by atoms with van der Waals surface area (Å²) in [6.45, 7) is 6.19.